The van der Waals surface area contributed by atoms with E-state index in [1.165, 1.54) is 0 Å². The summed E-state index contributed by atoms with van der Waals surface area (Å²) in [6, 6.07) is 3.78. The summed E-state index contributed by atoms with van der Waals surface area (Å²) in [6.07, 6.45) is 2.38. The van der Waals surface area contributed by atoms with Crippen molar-refractivity contribution in [3.63, 3.8) is 0 Å². The Bertz CT molecular complexity index is 546. The molecule has 20 heavy (non-hydrogen) atoms. The number of hydrogen-bond donors (Lipinski definition) is 0. The van der Waals surface area contributed by atoms with Crippen molar-refractivity contribution in [2.45, 2.75) is 24.6 Å². The Kier molecular flexibility index (Phi) is 3.64. The minimum atomic E-state index is -2.99. The van der Waals surface area contributed by atoms with Crippen LogP contribution in [-0.4, -0.2) is 50.1 Å². The zero-order valence-electron chi connectivity index (χ0n) is 11.7. The summed E-state index contributed by atoms with van der Waals surface area (Å²) in [5.74, 6) is 1.33. The van der Waals surface area contributed by atoms with Crippen LogP contribution in [0.2, 0.25) is 0 Å². The van der Waals surface area contributed by atoms with Gasteiger partial charge in [0.05, 0.1) is 25.2 Å². The summed E-state index contributed by atoms with van der Waals surface area (Å²) in [4.78, 5) is 2.14. The molecule has 0 aromatic carbocycles. The number of furan rings is 1. The fourth-order valence-electron chi connectivity index (χ4n) is 3.41. The van der Waals surface area contributed by atoms with Gasteiger partial charge in [0.25, 0.3) is 0 Å². The third kappa shape index (κ3) is 2.19. The first kappa shape index (κ1) is 14.1. The van der Waals surface area contributed by atoms with Gasteiger partial charge in [0, 0.05) is 25.6 Å². The molecule has 2 fully saturated rings. The molecule has 2 aliphatic heterocycles. The monoisotopic (exact) mass is 299 g/mol. The number of nitrogens with zero attached hydrogens (tertiary/aromatic N) is 1. The minimum Gasteiger partial charge on any atom is -0.468 e. The Balaban J connectivity index is 1.68. The molecule has 1 spiro atoms. The number of ether oxygens (including phenoxy) is 1. The van der Waals surface area contributed by atoms with Crippen LogP contribution in [0, 0.1) is 5.92 Å². The largest absolute Gasteiger partial charge is 0.468 e. The zero-order chi connectivity index (χ0) is 14.2. The van der Waals surface area contributed by atoms with Crippen molar-refractivity contribution in [1.82, 2.24) is 4.90 Å². The maximum absolute atomic E-state index is 12.4. The quantitative estimate of drug-likeness (QED) is 0.820. The van der Waals surface area contributed by atoms with Gasteiger partial charge in [-0.15, -0.1) is 0 Å². The van der Waals surface area contributed by atoms with Crippen molar-refractivity contribution >= 4 is 9.84 Å². The lowest BCUT2D eigenvalue weighted by Crippen LogP contribution is -2.67. The molecule has 6 heteroatoms. The van der Waals surface area contributed by atoms with Crippen LogP contribution in [0.1, 0.15) is 19.1 Å². The van der Waals surface area contributed by atoms with Gasteiger partial charge in [-0.05, 0) is 25.5 Å². The van der Waals surface area contributed by atoms with Gasteiger partial charge in [0.1, 0.15) is 10.5 Å². The molecule has 1 atom stereocenters. The Morgan fingerprint density at radius 2 is 2.30 bits per heavy atom. The fourth-order valence-corrected chi connectivity index (χ4v) is 5.87. The minimum absolute atomic E-state index is 0.139. The van der Waals surface area contributed by atoms with Crippen LogP contribution in [0.25, 0.3) is 0 Å². The van der Waals surface area contributed by atoms with Gasteiger partial charge in [0.2, 0.25) is 0 Å². The Labute approximate surface area is 119 Å². The second kappa shape index (κ2) is 5.16. The molecule has 3 heterocycles. The van der Waals surface area contributed by atoms with E-state index in [1.54, 1.807) is 6.26 Å². The summed E-state index contributed by atoms with van der Waals surface area (Å²) in [7, 11) is -2.99. The van der Waals surface area contributed by atoms with Crippen LogP contribution < -0.4 is 0 Å². The summed E-state index contributed by atoms with van der Waals surface area (Å²) < 4.78 is 35.0. The molecule has 2 aliphatic rings. The van der Waals surface area contributed by atoms with Crippen LogP contribution in [-0.2, 0) is 21.1 Å². The average Bonchev–Trinajstić information content (AvgIpc) is 2.94. The first-order valence-corrected chi connectivity index (χ1v) is 8.77. The smallest absolute Gasteiger partial charge is 0.158 e. The molecule has 0 amide bonds. The lowest BCUT2D eigenvalue weighted by atomic mass is 9.83. The van der Waals surface area contributed by atoms with Crippen LogP contribution in [0.3, 0.4) is 0 Å². The Hall–Kier alpha value is -0.850. The lowest BCUT2D eigenvalue weighted by molar-refractivity contribution is 0.0262. The van der Waals surface area contributed by atoms with Crippen molar-refractivity contribution in [1.29, 1.82) is 0 Å². The van der Waals surface area contributed by atoms with E-state index in [9.17, 15) is 8.42 Å². The molecule has 112 valence electrons. The van der Waals surface area contributed by atoms with Crippen molar-refractivity contribution in [3.8, 4) is 0 Å². The standard InChI is InChI=1S/C14H21NO4S/c1-2-18-9-12-5-7-20(16,17)14(12)10-15(11-14)8-13-4-3-6-19-13/h3-4,6,12H,2,5,7-11H2,1H3/t12-/m1/s1. The van der Waals surface area contributed by atoms with Gasteiger partial charge in [-0.25, -0.2) is 8.42 Å². The number of likely N-dealkylation sites (tertiary alicyclic amines) is 1. The van der Waals surface area contributed by atoms with E-state index in [4.69, 9.17) is 9.15 Å². The fraction of sp³-hybridized carbons (Fsp3) is 0.714. The SMILES string of the molecule is CCOC[C@H]1CCS(=O)(=O)C12CN(Cc1ccco1)C2. The number of rotatable bonds is 5. The molecule has 0 saturated carbocycles. The highest BCUT2D eigenvalue weighted by atomic mass is 32.2. The summed E-state index contributed by atoms with van der Waals surface area (Å²) in [5.41, 5.74) is 0. The molecule has 1 aromatic rings. The second-order valence-electron chi connectivity index (χ2n) is 5.75. The summed E-state index contributed by atoms with van der Waals surface area (Å²) in [5, 5.41) is 0. The van der Waals surface area contributed by atoms with E-state index in [0.717, 1.165) is 12.2 Å². The molecular formula is C14H21NO4S. The van der Waals surface area contributed by atoms with Gasteiger partial charge in [0.15, 0.2) is 9.84 Å². The highest BCUT2D eigenvalue weighted by molar-refractivity contribution is 7.93. The van der Waals surface area contributed by atoms with Crippen molar-refractivity contribution in [2.75, 3.05) is 32.1 Å². The molecule has 0 unspecified atom stereocenters. The normalized spacial score (nSPS) is 27.8. The molecule has 0 bridgehead atoms. The third-order valence-electron chi connectivity index (χ3n) is 4.56. The molecular weight excluding hydrogens is 278 g/mol. The zero-order valence-corrected chi connectivity index (χ0v) is 12.6. The highest BCUT2D eigenvalue weighted by Gasteiger charge is 2.61. The van der Waals surface area contributed by atoms with Gasteiger partial charge >= 0.3 is 0 Å². The van der Waals surface area contributed by atoms with Crippen molar-refractivity contribution < 1.29 is 17.6 Å². The van der Waals surface area contributed by atoms with Gasteiger partial charge < -0.3 is 9.15 Å². The predicted octanol–water partition coefficient (Wildman–Crippen LogP) is 1.31. The molecule has 1 aromatic heterocycles. The average molecular weight is 299 g/mol. The van der Waals surface area contributed by atoms with Gasteiger partial charge in [-0.1, -0.05) is 0 Å². The Morgan fingerprint density at radius 1 is 1.50 bits per heavy atom. The van der Waals surface area contributed by atoms with E-state index in [2.05, 4.69) is 4.90 Å². The first-order valence-electron chi connectivity index (χ1n) is 7.12. The van der Waals surface area contributed by atoms with Crippen molar-refractivity contribution in [3.05, 3.63) is 24.2 Å². The first-order chi connectivity index (χ1) is 9.57. The predicted molar refractivity (Wildman–Crippen MR) is 75.1 cm³/mol. The summed E-state index contributed by atoms with van der Waals surface area (Å²) in [6.45, 7) is 5.04. The maximum Gasteiger partial charge on any atom is 0.158 e. The summed E-state index contributed by atoms with van der Waals surface area (Å²) >= 11 is 0. The van der Waals surface area contributed by atoms with E-state index >= 15 is 0 Å². The number of hydrogen-bond acceptors (Lipinski definition) is 5. The second-order valence-corrected chi connectivity index (χ2v) is 8.20. The van der Waals surface area contributed by atoms with E-state index in [-0.39, 0.29) is 5.92 Å². The van der Waals surface area contributed by atoms with Gasteiger partial charge in [-0.3, -0.25) is 4.90 Å². The van der Waals surface area contributed by atoms with Crippen LogP contribution in [0.5, 0.6) is 0 Å². The molecule has 2 saturated heterocycles. The van der Waals surface area contributed by atoms with E-state index < -0.39 is 14.6 Å². The molecule has 0 radical (unpaired) electrons. The van der Waals surface area contributed by atoms with E-state index in [1.807, 2.05) is 19.1 Å². The van der Waals surface area contributed by atoms with Gasteiger partial charge in [-0.2, -0.15) is 0 Å². The third-order valence-corrected chi connectivity index (χ3v) is 7.17. The topological polar surface area (TPSA) is 59.8 Å². The van der Waals surface area contributed by atoms with Crippen LogP contribution in [0.15, 0.2) is 22.8 Å². The highest BCUT2D eigenvalue weighted by Crippen LogP contribution is 2.45. The molecule has 5 nitrogen and oxygen atoms in total. The molecule has 3 rings (SSSR count). The molecule has 0 aliphatic carbocycles. The van der Waals surface area contributed by atoms with Crippen LogP contribution >= 0.6 is 0 Å². The van der Waals surface area contributed by atoms with E-state index in [0.29, 0.717) is 38.6 Å². The maximum atomic E-state index is 12.4. The van der Waals surface area contributed by atoms with Crippen LogP contribution in [0.4, 0.5) is 0 Å². The Morgan fingerprint density at radius 3 is 2.95 bits per heavy atom. The number of sulfone groups is 1. The lowest BCUT2D eigenvalue weighted by Gasteiger charge is -2.49. The molecule has 0 N–H and O–H groups in total. The van der Waals surface area contributed by atoms with Crippen molar-refractivity contribution in [2.24, 2.45) is 5.92 Å².